The number of hydrogen-bond acceptors (Lipinski definition) is 6. The molecular weight excluding hydrogens is 450 g/mol. The zero-order chi connectivity index (χ0) is 24.8. The highest BCUT2D eigenvalue weighted by Gasteiger charge is 2.34. The summed E-state index contributed by atoms with van der Waals surface area (Å²) >= 11 is 1.07. The standard InChI is InChI=1S/C27H29NO5S/c1-6-32-21-13-17(5)19(14-20(21)16(3)4)15-22-24(29)23(27(31)33-7-2)26(34-22)28-25(30)18-11-9-8-10-12-18/h8-16,29H,6-7H2,1-5H3/b22-15+,28-26?. The first kappa shape index (κ1) is 25.3. The third-order valence-electron chi connectivity index (χ3n) is 5.20. The molecule has 0 saturated carbocycles. The Morgan fingerprint density at radius 3 is 2.44 bits per heavy atom. The van der Waals surface area contributed by atoms with E-state index in [0.29, 0.717) is 17.1 Å². The number of carbonyl (C=O) groups excluding carboxylic acids is 2. The molecule has 1 amide bonds. The first-order valence-electron chi connectivity index (χ1n) is 11.2. The Hall–Kier alpha value is -3.32. The molecule has 1 aliphatic heterocycles. The molecule has 0 aliphatic carbocycles. The summed E-state index contributed by atoms with van der Waals surface area (Å²) < 4.78 is 10.9. The molecule has 0 aromatic heterocycles. The quantitative estimate of drug-likeness (QED) is 0.475. The molecule has 0 bridgehead atoms. The van der Waals surface area contributed by atoms with Crippen molar-refractivity contribution in [3.63, 3.8) is 0 Å². The molecule has 0 spiro atoms. The number of aliphatic hydroxyl groups excluding tert-OH is 1. The predicted molar refractivity (Wildman–Crippen MR) is 137 cm³/mol. The fourth-order valence-electron chi connectivity index (χ4n) is 3.47. The lowest BCUT2D eigenvalue weighted by atomic mass is 9.96. The molecule has 0 fully saturated rings. The van der Waals surface area contributed by atoms with Gasteiger partial charge in [0.15, 0.2) is 0 Å². The number of esters is 1. The van der Waals surface area contributed by atoms with Crippen LogP contribution in [0.15, 0.2) is 63.7 Å². The van der Waals surface area contributed by atoms with Crippen molar-refractivity contribution in [3.05, 3.63) is 81.0 Å². The Kier molecular flexibility index (Phi) is 8.34. The van der Waals surface area contributed by atoms with Crippen LogP contribution in [0.25, 0.3) is 6.08 Å². The van der Waals surface area contributed by atoms with Crippen molar-refractivity contribution in [1.82, 2.24) is 0 Å². The van der Waals surface area contributed by atoms with Gasteiger partial charge in [-0.25, -0.2) is 9.79 Å². The normalized spacial score (nSPS) is 15.9. The fraction of sp³-hybridized carbons (Fsp3) is 0.296. The van der Waals surface area contributed by atoms with Gasteiger partial charge in [-0.05, 0) is 73.7 Å². The Labute approximate surface area is 204 Å². The SMILES string of the molecule is CCOC(=O)C1=C(O)/C(=C\c2cc(C(C)C)c(OCC)cc2C)SC1=NC(=O)c1ccccc1. The van der Waals surface area contributed by atoms with E-state index in [1.165, 1.54) is 0 Å². The molecular formula is C27H29NO5S. The Morgan fingerprint density at radius 2 is 1.82 bits per heavy atom. The summed E-state index contributed by atoms with van der Waals surface area (Å²) in [5.74, 6) is -0.406. The van der Waals surface area contributed by atoms with Crippen molar-refractivity contribution < 1.29 is 24.2 Å². The Bertz CT molecular complexity index is 1180. The molecule has 2 aromatic rings. The summed E-state index contributed by atoms with van der Waals surface area (Å²) in [6.07, 6.45) is 1.80. The van der Waals surface area contributed by atoms with Crippen molar-refractivity contribution in [2.45, 2.75) is 40.5 Å². The van der Waals surface area contributed by atoms with E-state index in [1.54, 1.807) is 43.3 Å². The van der Waals surface area contributed by atoms with Gasteiger partial charge in [-0.1, -0.05) is 43.8 Å². The van der Waals surface area contributed by atoms with Crippen LogP contribution in [0.3, 0.4) is 0 Å². The van der Waals surface area contributed by atoms with Crippen molar-refractivity contribution in [1.29, 1.82) is 0 Å². The number of benzene rings is 2. The maximum Gasteiger partial charge on any atom is 0.344 e. The van der Waals surface area contributed by atoms with Gasteiger partial charge < -0.3 is 14.6 Å². The van der Waals surface area contributed by atoms with Gasteiger partial charge in [0.2, 0.25) is 0 Å². The second-order valence-electron chi connectivity index (χ2n) is 7.98. The van der Waals surface area contributed by atoms with Crippen molar-refractivity contribution >= 4 is 34.8 Å². The molecule has 0 unspecified atom stereocenters. The lowest BCUT2D eigenvalue weighted by molar-refractivity contribution is -0.138. The number of amides is 1. The summed E-state index contributed by atoms with van der Waals surface area (Å²) in [5.41, 5.74) is 3.16. The van der Waals surface area contributed by atoms with E-state index < -0.39 is 11.9 Å². The topological polar surface area (TPSA) is 85.2 Å². The molecule has 1 N–H and O–H groups in total. The van der Waals surface area contributed by atoms with Gasteiger partial charge in [0.05, 0.1) is 18.1 Å². The second-order valence-corrected chi connectivity index (χ2v) is 9.01. The van der Waals surface area contributed by atoms with Crippen molar-refractivity contribution in [2.24, 2.45) is 4.99 Å². The zero-order valence-corrected chi connectivity index (χ0v) is 20.9. The maximum absolute atomic E-state index is 12.7. The summed E-state index contributed by atoms with van der Waals surface area (Å²) in [7, 11) is 0. The molecule has 34 heavy (non-hydrogen) atoms. The minimum Gasteiger partial charge on any atom is -0.506 e. The minimum absolute atomic E-state index is 0.102. The average molecular weight is 480 g/mol. The van der Waals surface area contributed by atoms with Crippen LogP contribution in [0, 0.1) is 6.92 Å². The number of thioether (sulfide) groups is 1. The number of hydrogen-bond donors (Lipinski definition) is 1. The van der Waals surface area contributed by atoms with E-state index in [-0.39, 0.29) is 28.9 Å². The molecule has 0 radical (unpaired) electrons. The highest BCUT2D eigenvalue weighted by atomic mass is 32.2. The summed E-state index contributed by atoms with van der Waals surface area (Å²) in [5, 5.41) is 11.1. The van der Waals surface area contributed by atoms with Crippen LogP contribution in [0.5, 0.6) is 5.75 Å². The van der Waals surface area contributed by atoms with Crippen LogP contribution in [-0.2, 0) is 9.53 Å². The van der Waals surface area contributed by atoms with Gasteiger partial charge in [-0.3, -0.25) is 4.79 Å². The highest BCUT2D eigenvalue weighted by Crippen LogP contribution is 2.40. The van der Waals surface area contributed by atoms with Crippen LogP contribution in [0.4, 0.5) is 0 Å². The lowest BCUT2D eigenvalue weighted by Gasteiger charge is -2.16. The van der Waals surface area contributed by atoms with Gasteiger partial charge in [-0.15, -0.1) is 0 Å². The molecule has 1 heterocycles. The molecule has 1 aliphatic rings. The first-order valence-corrected chi connectivity index (χ1v) is 12.0. The van der Waals surface area contributed by atoms with Crippen LogP contribution >= 0.6 is 11.8 Å². The second kappa shape index (κ2) is 11.2. The number of aliphatic hydroxyl groups is 1. The number of aliphatic imine (C=N–C) groups is 1. The number of carbonyl (C=O) groups is 2. The maximum atomic E-state index is 12.7. The number of ether oxygens (including phenoxy) is 2. The Morgan fingerprint density at radius 1 is 1.12 bits per heavy atom. The molecule has 0 atom stereocenters. The first-order chi connectivity index (χ1) is 16.3. The molecule has 6 nitrogen and oxygen atoms in total. The van der Waals surface area contributed by atoms with Crippen molar-refractivity contribution in [3.8, 4) is 5.75 Å². The van der Waals surface area contributed by atoms with E-state index in [2.05, 4.69) is 18.8 Å². The number of aryl methyl sites for hydroxylation is 1. The van der Waals surface area contributed by atoms with E-state index in [9.17, 15) is 14.7 Å². The molecule has 2 aromatic carbocycles. The fourth-order valence-corrected chi connectivity index (χ4v) is 4.48. The number of nitrogens with zero attached hydrogens (tertiary/aromatic N) is 1. The minimum atomic E-state index is -0.721. The monoisotopic (exact) mass is 479 g/mol. The average Bonchev–Trinajstić information content (AvgIpc) is 3.10. The smallest absolute Gasteiger partial charge is 0.344 e. The summed E-state index contributed by atoms with van der Waals surface area (Å²) in [6, 6.07) is 12.6. The number of rotatable bonds is 7. The highest BCUT2D eigenvalue weighted by molar-refractivity contribution is 8.18. The van der Waals surface area contributed by atoms with Crippen LogP contribution in [0.1, 0.15) is 60.7 Å². The third-order valence-corrected chi connectivity index (χ3v) is 6.22. The molecule has 3 rings (SSSR count). The van der Waals surface area contributed by atoms with Gasteiger partial charge in [0.25, 0.3) is 5.91 Å². The molecule has 178 valence electrons. The molecule has 7 heteroatoms. The zero-order valence-electron chi connectivity index (χ0n) is 20.0. The van der Waals surface area contributed by atoms with Crippen molar-refractivity contribution in [2.75, 3.05) is 13.2 Å². The van der Waals surface area contributed by atoms with Crippen LogP contribution in [0.2, 0.25) is 0 Å². The van der Waals surface area contributed by atoms with Gasteiger partial charge in [0.1, 0.15) is 22.1 Å². The van der Waals surface area contributed by atoms with Gasteiger partial charge in [0, 0.05) is 5.56 Å². The largest absolute Gasteiger partial charge is 0.506 e. The van der Waals surface area contributed by atoms with Gasteiger partial charge >= 0.3 is 5.97 Å². The summed E-state index contributed by atoms with van der Waals surface area (Å²) in [4.78, 5) is 29.9. The molecule has 0 saturated heterocycles. The predicted octanol–water partition coefficient (Wildman–Crippen LogP) is 6.22. The lowest BCUT2D eigenvalue weighted by Crippen LogP contribution is -2.14. The van der Waals surface area contributed by atoms with E-state index in [0.717, 1.165) is 34.2 Å². The van der Waals surface area contributed by atoms with E-state index in [4.69, 9.17) is 9.47 Å². The summed E-state index contributed by atoms with van der Waals surface area (Å²) in [6.45, 7) is 10.5. The van der Waals surface area contributed by atoms with E-state index >= 15 is 0 Å². The van der Waals surface area contributed by atoms with Crippen LogP contribution < -0.4 is 4.74 Å². The van der Waals surface area contributed by atoms with Gasteiger partial charge in [-0.2, -0.15) is 0 Å². The Balaban J connectivity index is 2.07. The third kappa shape index (κ3) is 5.59. The van der Waals surface area contributed by atoms with Crippen LogP contribution in [-0.4, -0.2) is 35.2 Å². The van der Waals surface area contributed by atoms with E-state index in [1.807, 2.05) is 26.0 Å².